The summed E-state index contributed by atoms with van der Waals surface area (Å²) in [6, 6.07) is 5.22. The van der Waals surface area contributed by atoms with E-state index in [4.69, 9.17) is 11.6 Å². The van der Waals surface area contributed by atoms with Crippen LogP contribution in [-0.2, 0) is 6.42 Å². The number of rotatable bonds is 4. The Balaban J connectivity index is 2.29. The van der Waals surface area contributed by atoms with Gasteiger partial charge in [-0.05, 0) is 17.7 Å². The molecule has 0 bridgehead atoms. The van der Waals surface area contributed by atoms with Crippen molar-refractivity contribution in [3.05, 3.63) is 58.0 Å². The van der Waals surface area contributed by atoms with E-state index in [1.165, 1.54) is 0 Å². The first-order chi connectivity index (χ1) is 8.29. The van der Waals surface area contributed by atoms with Crippen molar-refractivity contribution in [1.82, 2.24) is 9.97 Å². The van der Waals surface area contributed by atoms with Gasteiger partial charge in [0.1, 0.15) is 0 Å². The largest absolute Gasteiger partial charge is 0.261 e. The molecule has 1 aromatic carbocycles. The Labute approximate surface area is 103 Å². The lowest BCUT2D eigenvalue weighted by Crippen LogP contribution is -1.97. The van der Waals surface area contributed by atoms with Gasteiger partial charge < -0.3 is 0 Å². The van der Waals surface area contributed by atoms with E-state index in [0.29, 0.717) is 17.1 Å². The zero-order valence-electron chi connectivity index (χ0n) is 8.80. The molecule has 0 aliphatic carbocycles. The third kappa shape index (κ3) is 2.98. The van der Waals surface area contributed by atoms with Crippen LogP contribution < -0.4 is 5.43 Å². The summed E-state index contributed by atoms with van der Waals surface area (Å²) in [6.45, 7) is 0. The molecule has 5 nitrogen and oxygen atoms in total. The number of nitroso groups, excluding NO2 is 1. The fraction of sp³-hybridized carbons (Fsp3) is 0.0909. The molecule has 0 aliphatic heterocycles. The number of benzene rings is 1. The Hall–Kier alpha value is -2.01. The zero-order valence-corrected chi connectivity index (χ0v) is 9.55. The van der Waals surface area contributed by atoms with Gasteiger partial charge in [-0.1, -0.05) is 17.7 Å². The molecule has 0 aliphatic rings. The smallest absolute Gasteiger partial charge is 0.0644 e. The summed E-state index contributed by atoms with van der Waals surface area (Å²) < 4.78 is 0. The minimum atomic E-state index is 0.541. The van der Waals surface area contributed by atoms with Crippen molar-refractivity contribution < 1.29 is 0 Å². The van der Waals surface area contributed by atoms with Crippen LogP contribution in [0.15, 0.2) is 42.1 Å². The van der Waals surface area contributed by atoms with Gasteiger partial charge in [0.15, 0.2) is 0 Å². The Morgan fingerprint density at radius 3 is 2.94 bits per heavy atom. The lowest BCUT2D eigenvalue weighted by molar-refractivity contribution is 1.03. The first kappa shape index (κ1) is 11.5. The van der Waals surface area contributed by atoms with Crippen LogP contribution in [0.25, 0.3) is 0 Å². The third-order valence-corrected chi connectivity index (χ3v) is 2.46. The summed E-state index contributed by atoms with van der Waals surface area (Å²) in [5.41, 5.74) is 4.65. The predicted molar refractivity (Wildman–Crippen MR) is 65.7 cm³/mol. The summed E-state index contributed by atoms with van der Waals surface area (Å²) in [4.78, 5) is 18.4. The van der Waals surface area contributed by atoms with Gasteiger partial charge in [0, 0.05) is 30.0 Å². The molecule has 0 radical (unpaired) electrons. The minimum Gasteiger partial charge on any atom is -0.261 e. The molecule has 0 fully saturated rings. The monoisotopic (exact) mass is 248 g/mol. The fourth-order valence-electron chi connectivity index (χ4n) is 1.47. The van der Waals surface area contributed by atoms with E-state index in [2.05, 4.69) is 20.7 Å². The maximum Gasteiger partial charge on any atom is 0.0644 e. The van der Waals surface area contributed by atoms with Crippen LogP contribution in [0.3, 0.4) is 0 Å². The van der Waals surface area contributed by atoms with Crippen molar-refractivity contribution in [2.45, 2.75) is 6.42 Å². The zero-order chi connectivity index (χ0) is 12.1. The Bertz CT molecular complexity index is 518. The minimum absolute atomic E-state index is 0.541. The quantitative estimate of drug-likeness (QED) is 0.667. The topological polar surface area (TPSA) is 67.2 Å². The van der Waals surface area contributed by atoms with Gasteiger partial charge in [-0.15, -0.1) is 4.91 Å². The molecular weight excluding hydrogens is 240 g/mol. The lowest BCUT2D eigenvalue weighted by Gasteiger charge is -2.07. The Morgan fingerprint density at radius 2 is 2.24 bits per heavy atom. The summed E-state index contributed by atoms with van der Waals surface area (Å²) in [5.74, 6) is 0. The SMILES string of the molecule is O=NNc1cc(Cl)ccc1Cc1cnccn1. The molecule has 0 spiro atoms. The number of hydrogen-bond acceptors (Lipinski definition) is 4. The Morgan fingerprint density at radius 1 is 1.35 bits per heavy atom. The molecule has 2 rings (SSSR count). The van der Waals surface area contributed by atoms with E-state index >= 15 is 0 Å². The van der Waals surface area contributed by atoms with Gasteiger partial charge in [0.25, 0.3) is 0 Å². The number of nitrogens with zero attached hydrogens (tertiary/aromatic N) is 3. The maximum absolute atomic E-state index is 10.3. The van der Waals surface area contributed by atoms with E-state index in [9.17, 15) is 4.91 Å². The first-order valence-corrected chi connectivity index (χ1v) is 5.29. The van der Waals surface area contributed by atoms with Crippen molar-refractivity contribution in [2.24, 2.45) is 5.29 Å². The van der Waals surface area contributed by atoms with Crippen LogP contribution >= 0.6 is 11.6 Å². The summed E-state index contributed by atoms with van der Waals surface area (Å²) in [5, 5.41) is 3.20. The molecule has 1 N–H and O–H groups in total. The molecule has 2 aromatic rings. The van der Waals surface area contributed by atoms with Crippen molar-refractivity contribution in [2.75, 3.05) is 5.43 Å². The highest BCUT2D eigenvalue weighted by atomic mass is 35.5. The predicted octanol–water partition coefficient (Wildman–Crippen LogP) is 2.81. The Kier molecular flexibility index (Phi) is 3.62. The van der Waals surface area contributed by atoms with E-state index in [1.54, 1.807) is 30.7 Å². The second-order valence-electron chi connectivity index (χ2n) is 3.38. The molecule has 0 amide bonds. The van der Waals surface area contributed by atoms with E-state index in [-0.39, 0.29) is 0 Å². The fourth-order valence-corrected chi connectivity index (χ4v) is 1.64. The molecule has 1 heterocycles. The van der Waals surface area contributed by atoms with Crippen molar-refractivity contribution >= 4 is 17.3 Å². The summed E-state index contributed by atoms with van der Waals surface area (Å²) in [7, 11) is 0. The van der Waals surface area contributed by atoms with Crippen LogP contribution in [0, 0.1) is 4.91 Å². The standard InChI is InChI=1S/C11H9ClN4O/c12-9-2-1-8(11(6-9)15-16-17)5-10-7-13-3-4-14-10/h1-4,6-7H,5H2,(H,15,17). The van der Waals surface area contributed by atoms with Gasteiger partial charge >= 0.3 is 0 Å². The van der Waals surface area contributed by atoms with Crippen LogP contribution in [0.1, 0.15) is 11.3 Å². The van der Waals surface area contributed by atoms with Crippen LogP contribution in [0.5, 0.6) is 0 Å². The molecular formula is C11H9ClN4O. The molecule has 0 saturated carbocycles. The average Bonchev–Trinajstić information content (AvgIpc) is 2.34. The van der Waals surface area contributed by atoms with Gasteiger partial charge in [0.05, 0.1) is 16.7 Å². The first-order valence-electron chi connectivity index (χ1n) is 4.91. The molecule has 86 valence electrons. The van der Waals surface area contributed by atoms with Gasteiger partial charge in [-0.3, -0.25) is 9.97 Å². The summed E-state index contributed by atoms with van der Waals surface area (Å²) >= 11 is 5.84. The average molecular weight is 249 g/mol. The van der Waals surface area contributed by atoms with Crippen molar-refractivity contribution in [3.8, 4) is 0 Å². The van der Waals surface area contributed by atoms with Crippen LogP contribution in [-0.4, -0.2) is 9.97 Å². The normalized spacial score (nSPS) is 9.94. The van der Waals surface area contributed by atoms with Crippen molar-refractivity contribution in [1.29, 1.82) is 0 Å². The van der Waals surface area contributed by atoms with E-state index < -0.39 is 0 Å². The third-order valence-electron chi connectivity index (χ3n) is 2.23. The second-order valence-corrected chi connectivity index (χ2v) is 3.81. The second kappa shape index (κ2) is 5.36. The van der Waals surface area contributed by atoms with Gasteiger partial charge in [0.2, 0.25) is 0 Å². The molecule has 0 atom stereocenters. The highest BCUT2D eigenvalue weighted by molar-refractivity contribution is 6.30. The van der Waals surface area contributed by atoms with Crippen molar-refractivity contribution in [3.63, 3.8) is 0 Å². The molecule has 6 heteroatoms. The van der Waals surface area contributed by atoms with Crippen LogP contribution in [0.2, 0.25) is 5.02 Å². The molecule has 17 heavy (non-hydrogen) atoms. The maximum atomic E-state index is 10.3. The number of hydrogen-bond donors (Lipinski definition) is 1. The number of aromatic nitrogens is 2. The van der Waals surface area contributed by atoms with Gasteiger partial charge in [-0.2, -0.15) is 0 Å². The van der Waals surface area contributed by atoms with Gasteiger partial charge in [-0.25, -0.2) is 5.43 Å². The molecule has 1 aromatic heterocycles. The van der Waals surface area contributed by atoms with Crippen LogP contribution in [0.4, 0.5) is 5.69 Å². The number of halogens is 1. The highest BCUT2D eigenvalue weighted by Gasteiger charge is 2.05. The number of anilines is 1. The summed E-state index contributed by atoms with van der Waals surface area (Å²) in [6.07, 6.45) is 5.46. The van der Waals surface area contributed by atoms with E-state index in [1.807, 2.05) is 6.07 Å². The van der Waals surface area contributed by atoms with E-state index in [0.717, 1.165) is 11.3 Å². The highest BCUT2D eigenvalue weighted by Crippen LogP contribution is 2.23. The molecule has 0 unspecified atom stereocenters. The number of nitrogens with one attached hydrogen (secondary N) is 1. The molecule has 0 saturated heterocycles. The lowest BCUT2D eigenvalue weighted by atomic mass is 10.1.